The summed E-state index contributed by atoms with van der Waals surface area (Å²) in [6, 6.07) is 1.86. The number of rotatable bonds is 7. The molecule has 1 aliphatic carbocycles. The highest BCUT2D eigenvalue weighted by molar-refractivity contribution is 7.99. The highest BCUT2D eigenvalue weighted by atomic mass is 32.2. The largest absolute Gasteiger partial charge is 0.469 e. The van der Waals surface area contributed by atoms with Gasteiger partial charge in [-0.05, 0) is 50.7 Å². The van der Waals surface area contributed by atoms with Crippen molar-refractivity contribution in [3.63, 3.8) is 0 Å². The molecule has 0 spiro atoms. The smallest absolute Gasteiger partial charge is 0.341 e. The van der Waals surface area contributed by atoms with Crippen LogP contribution in [0.1, 0.15) is 46.8 Å². The van der Waals surface area contributed by atoms with Crippen LogP contribution < -0.4 is 5.32 Å². The van der Waals surface area contributed by atoms with Crippen molar-refractivity contribution in [3.8, 4) is 11.4 Å². The maximum atomic E-state index is 12.8. The summed E-state index contributed by atoms with van der Waals surface area (Å²) in [5.41, 5.74) is 2.41. The van der Waals surface area contributed by atoms with E-state index in [1.165, 1.54) is 30.2 Å². The van der Waals surface area contributed by atoms with Gasteiger partial charge in [0, 0.05) is 11.4 Å². The maximum Gasteiger partial charge on any atom is 0.341 e. The summed E-state index contributed by atoms with van der Waals surface area (Å²) in [7, 11) is 1.37. The van der Waals surface area contributed by atoms with Crippen molar-refractivity contribution in [2.24, 2.45) is 5.92 Å². The number of nitrogens with zero attached hydrogens (tertiary/aromatic N) is 3. The van der Waals surface area contributed by atoms with Crippen molar-refractivity contribution in [1.29, 1.82) is 0 Å². The fourth-order valence-corrected chi connectivity index (χ4v) is 6.16. The molecular formula is C22H26N4O4S2. The monoisotopic (exact) mass is 474 g/mol. The summed E-state index contributed by atoms with van der Waals surface area (Å²) in [4.78, 5) is 26.4. The molecule has 32 heavy (non-hydrogen) atoms. The standard InChI is InChI=1S/C22H26N4O4S2/c1-5-26-19(14-8-9-30-13(14)3)24-25-22(26)31-11-17(27)23-20-18(21(28)29-4)15-7-6-12(2)10-16(15)32-20/h8-9,12H,5-7,10-11H2,1-4H3,(H,23,27). The predicted molar refractivity (Wildman–Crippen MR) is 124 cm³/mol. The number of nitrogens with one attached hydrogen (secondary N) is 1. The van der Waals surface area contributed by atoms with Crippen LogP contribution in [-0.4, -0.2) is 39.5 Å². The minimum Gasteiger partial charge on any atom is -0.469 e. The second-order valence-corrected chi connectivity index (χ2v) is 9.87. The first-order valence-corrected chi connectivity index (χ1v) is 12.4. The molecule has 0 aromatic carbocycles. The van der Waals surface area contributed by atoms with Crippen LogP contribution in [-0.2, 0) is 28.9 Å². The molecule has 0 saturated carbocycles. The van der Waals surface area contributed by atoms with Crippen molar-refractivity contribution >= 4 is 40.0 Å². The molecule has 1 amide bonds. The van der Waals surface area contributed by atoms with E-state index in [4.69, 9.17) is 9.15 Å². The van der Waals surface area contributed by atoms with Gasteiger partial charge in [-0.25, -0.2) is 4.79 Å². The number of carbonyl (C=O) groups excluding carboxylic acids is 2. The molecule has 3 heterocycles. The van der Waals surface area contributed by atoms with Crippen molar-refractivity contribution in [2.75, 3.05) is 18.2 Å². The zero-order valence-electron chi connectivity index (χ0n) is 18.6. The zero-order chi connectivity index (χ0) is 22.8. The maximum absolute atomic E-state index is 12.8. The van der Waals surface area contributed by atoms with Gasteiger partial charge in [-0.15, -0.1) is 21.5 Å². The molecule has 1 atom stereocenters. The van der Waals surface area contributed by atoms with Crippen LogP contribution in [0, 0.1) is 12.8 Å². The Kier molecular flexibility index (Phi) is 6.71. The second-order valence-electron chi connectivity index (χ2n) is 7.83. The van der Waals surface area contributed by atoms with E-state index in [9.17, 15) is 9.59 Å². The third-order valence-electron chi connectivity index (χ3n) is 5.62. The number of hydrogen-bond acceptors (Lipinski definition) is 8. The van der Waals surface area contributed by atoms with E-state index in [0.717, 1.165) is 46.9 Å². The number of thiophene rings is 1. The highest BCUT2D eigenvalue weighted by Crippen LogP contribution is 2.40. The lowest BCUT2D eigenvalue weighted by atomic mass is 9.88. The Hall–Kier alpha value is -2.59. The molecule has 3 aromatic rings. The predicted octanol–water partition coefficient (Wildman–Crippen LogP) is 4.57. The Morgan fingerprint density at radius 1 is 1.41 bits per heavy atom. The number of methoxy groups -OCH3 is 1. The Bertz CT molecular complexity index is 1150. The second kappa shape index (κ2) is 9.50. The van der Waals surface area contributed by atoms with Crippen LogP contribution in [0.25, 0.3) is 11.4 Å². The number of fused-ring (bicyclic) bond motifs is 1. The van der Waals surface area contributed by atoms with Gasteiger partial charge < -0.3 is 19.0 Å². The minimum absolute atomic E-state index is 0.155. The molecule has 0 fully saturated rings. The third-order valence-corrected chi connectivity index (χ3v) is 7.76. The van der Waals surface area contributed by atoms with Gasteiger partial charge in [0.05, 0.1) is 30.3 Å². The van der Waals surface area contributed by atoms with Gasteiger partial charge in [-0.1, -0.05) is 18.7 Å². The molecule has 10 heteroatoms. The highest BCUT2D eigenvalue weighted by Gasteiger charge is 2.29. The number of carbonyl (C=O) groups is 2. The van der Waals surface area contributed by atoms with E-state index in [1.807, 2.05) is 24.5 Å². The average molecular weight is 475 g/mol. The van der Waals surface area contributed by atoms with Crippen LogP contribution in [0.5, 0.6) is 0 Å². The number of aromatic nitrogens is 3. The van der Waals surface area contributed by atoms with E-state index in [2.05, 4.69) is 22.4 Å². The van der Waals surface area contributed by atoms with Crippen molar-refractivity contribution in [3.05, 3.63) is 34.1 Å². The number of esters is 1. The topological polar surface area (TPSA) is 99.2 Å². The van der Waals surface area contributed by atoms with Crippen LogP contribution in [0.3, 0.4) is 0 Å². The number of ether oxygens (including phenoxy) is 1. The van der Waals surface area contributed by atoms with Crippen LogP contribution >= 0.6 is 23.1 Å². The van der Waals surface area contributed by atoms with Crippen LogP contribution in [0.15, 0.2) is 21.9 Å². The third kappa shape index (κ3) is 4.33. The molecule has 8 nitrogen and oxygen atoms in total. The Morgan fingerprint density at radius 2 is 2.22 bits per heavy atom. The van der Waals surface area contributed by atoms with E-state index in [1.54, 1.807) is 6.26 Å². The normalized spacial score (nSPS) is 15.4. The van der Waals surface area contributed by atoms with Crippen molar-refractivity contribution in [2.45, 2.75) is 51.7 Å². The van der Waals surface area contributed by atoms with E-state index in [-0.39, 0.29) is 11.7 Å². The lowest BCUT2D eigenvalue weighted by Gasteiger charge is -2.18. The van der Waals surface area contributed by atoms with E-state index < -0.39 is 5.97 Å². The quantitative estimate of drug-likeness (QED) is 0.395. The summed E-state index contributed by atoms with van der Waals surface area (Å²) in [5, 5.41) is 12.7. The molecule has 1 unspecified atom stereocenters. The molecule has 1 N–H and O–H groups in total. The van der Waals surface area contributed by atoms with Gasteiger partial charge in [-0.2, -0.15) is 0 Å². The molecule has 0 saturated heterocycles. The molecule has 0 aliphatic heterocycles. The van der Waals surface area contributed by atoms with Gasteiger partial charge in [0.1, 0.15) is 10.8 Å². The summed E-state index contributed by atoms with van der Waals surface area (Å²) >= 11 is 2.80. The first-order chi connectivity index (χ1) is 15.4. The van der Waals surface area contributed by atoms with Gasteiger partial charge >= 0.3 is 5.97 Å². The number of furan rings is 1. The SMILES string of the molecule is CCn1c(SCC(=O)Nc2sc3c(c2C(=O)OC)CCC(C)C3)nnc1-c1ccoc1C. The van der Waals surface area contributed by atoms with E-state index >= 15 is 0 Å². The van der Waals surface area contributed by atoms with Gasteiger partial charge in [0.15, 0.2) is 11.0 Å². The summed E-state index contributed by atoms with van der Waals surface area (Å²) in [6.45, 7) is 6.76. The summed E-state index contributed by atoms with van der Waals surface area (Å²) < 4.78 is 12.3. The average Bonchev–Trinajstić information content (AvgIpc) is 3.47. The molecule has 3 aromatic heterocycles. The fourth-order valence-electron chi connectivity index (χ4n) is 3.95. The molecule has 4 rings (SSSR count). The molecule has 0 radical (unpaired) electrons. The Balaban J connectivity index is 1.49. The summed E-state index contributed by atoms with van der Waals surface area (Å²) in [6.07, 6.45) is 4.41. The first-order valence-electron chi connectivity index (χ1n) is 10.6. The number of hydrogen-bond donors (Lipinski definition) is 1. The number of aryl methyl sites for hydroxylation is 1. The van der Waals surface area contributed by atoms with Crippen molar-refractivity contribution in [1.82, 2.24) is 14.8 Å². The molecule has 170 valence electrons. The van der Waals surface area contributed by atoms with E-state index in [0.29, 0.717) is 28.2 Å². The van der Waals surface area contributed by atoms with Crippen LogP contribution in [0.4, 0.5) is 5.00 Å². The number of anilines is 1. The minimum atomic E-state index is -0.397. The number of thioether (sulfide) groups is 1. The van der Waals surface area contributed by atoms with Crippen LogP contribution in [0.2, 0.25) is 0 Å². The first kappa shape index (κ1) is 22.6. The summed E-state index contributed by atoms with van der Waals surface area (Å²) in [5.74, 6) is 1.62. The molecule has 1 aliphatic rings. The molecular weight excluding hydrogens is 448 g/mol. The van der Waals surface area contributed by atoms with Crippen molar-refractivity contribution < 1.29 is 18.7 Å². The lowest BCUT2D eigenvalue weighted by Crippen LogP contribution is -2.17. The number of amides is 1. The molecule has 0 bridgehead atoms. The van der Waals surface area contributed by atoms with Gasteiger partial charge in [0.25, 0.3) is 0 Å². The zero-order valence-corrected chi connectivity index (χ0v) is 20.2. The Labute approximate surface area is 194 Å². The fraction of sp³-hybridized carbons (Fsp3) is 0.455. The van der Waals surface area contributed by atoms with Gasteiger partial charge in [-0.3, -0.25) is 4.79 Å². The Morgan fingerprint density at radius 3 is 2.91 bits per heavy atom. The lowest BCUT2D eigenvalue weighted by molar-refractivity contribution is -0.113. The van der Waals surface area contributed by atoms with Gasteiger partial charge in [0.2, 0.25) is 5.91 Å².